The van der Waals surface area contributed by atoms with Crippen molar-refractivity contribution < 1.29 is 44.2 Å². The normalized spacial score (nSPS) is 21.4. The molecule has 0 saturated carbocycles. The van der Waals surface area contributed by atoms with E-state index in [0.717, 1.165) is 57.8 Å². The Kier molecular flexibility index (Phi) is 33.6. The average Bonchev–Trinajstić information content (AvgIpc) is 3.16. The number of hydrogen-bond acceptors (Lipinski definition) is 9. The van der Waals surface area contributed by atoms with Gasteiger partial charge in [-0.15, -0.1) is 0 Å². The van der Waals surface area contributed by atoms with E-state index in [1.807, 2.05) is 0 Å². The van der Waals surface area contributed by atoms with Crippen molar-refractivity contribution in [3.05, 3.63) is 36.5 Å². The molecule has 0 aromatic rings. The quantitative estimate of drug-likeness (QED) is 0.0281. The molecule has 0 amide bonds. The Morgan fingerprint density at radius 1 is 0.604 bits per heavy atom. The minimum absolute atomic E-state index is 0.117. The predicted molar refractivity (Wildman–Crippen MR) is 215 cm³/mol. The summed E-state index contributed by atoms with van der Waals surface area (Å²) in [5.74, 6) is -0.326. The maximum absolute atomic E-state index is 12.7. The van der Waals surface area contributed by atoms with Crippen LogP contribution >= 0.6 is 0 Å². The monoisotopic (exact) mass is 753 g/mol. The molecule has 0 aromatic heterocycles. The number of carbonyl (C=O) groups is 1. The Balaban J connectivity index is 2.28. The number of unbranched alkanes of at least 4 members (excludes halogenated alkanes) is 19. The highest BCUT2D eigenvalue weighted by atomic mass is 16.7. The van der Waals surface area contributed by atoms with Gasteiger partial charge in [-0.1, -0.05) is 153 Å². The van der Waals surface area contributed by atoms with E-state index in [9.17, 15) is 25.2 Å². The highest BCUT2D eigenvalue weighted by Crippen LogP contribution is 2.22. The number of hydrogen-bond donors (Lipinski definition) is 4. The lowest BCUT2D eigenvalue weighted by Crippen LogP contribution is -2.59. The van der Waals surface area contributed by atoms with E-state index < -0.39 is 43.4 Å². The fourth-order valence-electron chi connectivity index (χ4n) is 6.38. The summed E-state index contributed by atoms with van der Waals surface area (Å²) in [6, 6.07) is 0. The molecule has 4 N–H and O–H groups in total. The zero-order valence-electron chi connectivity index (χ0n) is 33.8. The average molecular weight is 753 g/mol. The van der Waals surface area contributed by atoms with Crippen LogP contribution in [0.15, 0.2) is 36.5 Å². The molecular formula is C44H80O9. The third-order valence-corrected chi connectivity index (χ3v) is 9.81. The second-order valence-electron chi connectivity index (χ2n) is 14.8. The van der Waals surface area contributed by atoms with Crippen LogP contribution in [0.25, 0.3) is 0 Å². The standard InChI is InChI=1S/C44H80O9/c1-3-5-7-9-11-13-15-16-17-18-19-20-21-22-23-25-27-29-31-33-40(46)52-38(37-51-44-43(49)42(48)41(47)39(35-45)53-44)36-50-34-32-30-28-26-24-14-12-10-8-6-4-2/h11,13,16-17,19-20,38-39,41-45,47-49H,3-10,12,14-15,18,21-37H2,1-2H3/b13-11-,17-16-,20-19-. The smallest absolute Gasteiger partial charge is 0.306 e. The first-order valence-corrected chi connectivity index (χ1v) is 21.6. The summed E-state index contributed by atoms with van der Waals surface area (Å²) in [6.07, 6.45) is 34.5. The van der Waals surface area contributed by atoms with Gasteiger partial charge in [-0.25, -0.2) is 0 Å². The summed E-state index contributed by atoms with van der Waals surface area (Å²) >= 11 is 0. The molecule has 1 aliphatic heterocycles. The van der Waals surface area contributed by atoms with Gasteiger partial charge >= 0.3 is 5.97 Å². The zero-order valence-corrected chi connectivity index (χ0v) is 33.8. The number of esters is 1. The molecule has 53 heavy (non-hydrogen) atoms. The lowest BCUT2D eigenvalue weighted by molar-refractivity contribution is -0.305. The highest BCUT2D eigenvalue weighted by molar-refractivity contribution is 5.69. The molecule has 0 bridgehead atoms. The number of aliphatic hydroxyl groups excluding tert-OH is 4. The second-order valence-corrected chi connectivity index (χ2v) is 14.8. The van der Waals surface area contributed by atoms with Gasteiger partial charge in [0.2, 0.25) is 0 Å². The predicted octanol–water partition coefficient (Wildman–Crippen LogP) is 9.19. The lowest BCUT2D eigenvalue weighted by atomic mass is 9.99. The number of rotatable bonds is 36. The summed E-state index contributed by atoms with van der Waals surface area (Å²) in [4.78, 5) is 12.7. The first kappa shape index (κ1) is 49.4. The van der Waals surface area contributed by atoms with Crippen molar-refractivity contribution in [2.24, 2.45) is 0 Å². The van der Waals surface area contributed by atoms with E-state index in [2.05, 4.69) is 50.3 Å². The van der Waals surface area contributed by atoms with Gasteiger partial charge in [0.1, 0.15) is 30.5 Å². The first-order chi connectivity index (χ1) is 25.9. The van der Waals surface area contributed by atoms with Crippen LogP contribution in [0.5, 0.6) is 0 Å². The molecule has 0 spiro atoms. The molecule has 9 nitrogen and oxygen atoms in total. The molecule has 6 atom stereocenters. The zero-order chi connectivity index (χ0) is 38.6. The third-order valence-electron chi connectivity index (χ3n) is 9.81. The summed E-state index contributed by atoms with van der Waals surface area (Å²) in [7, 11) is 0. The first-order valence-electron chi connectivity index (χ1n) is 21.6. The van der Waals surface area contributed by atoms with Crippen molar-refractivity contribution in [3.8, 4) is 0 Å². The van der Waals surface area contributed by atoms with Crippen LogP contribution in [0, 0.1) is 0 Å². The number of aliphatic hydroxyl groups is 4. The molecule has 1 fully saturated rings. The largest absolute Gasteiger partial charge is 0.457 e. The number of allylic oxidation sites excluding steroid dienone is 6. The number of ether oxygens (including phenoxy) is 4. The van der Waals surface area contributed by atoms with Crippen LogP contribution in [0.3, 0.4) is 0 Å². The summed E-state index contributed by atoms with van der Waals surface area (Å²) in [6.45, 7) is 4.51. The Morgan fingerprint density at radius 2 is 1.09 bits per heavy atom. The maximum Gasteiger partial charge on any atom is 0.306 e. The summed E-state index contributed by atoms with van der Waals surface area (Å²) < 4.78 is 22.7. The Morgan fingerprint density at radius 3 is 1.68 bits per heavy atom. The van der Waals surface area contributed by atoms with E-state index in [4.69, 9.17) is 18.9 Å². The van der Waals surface area contributed by atoms with Gasteiger partial charge in [-0.2, -0.15) is 0 Å². The van der Waals surface area contributed by atoms with Crippen molar-refractivity contribution in [2.75, 3.05) is 26.4 Å². The SMILES string of the molecule is CCCCC/C=C\C/C=C\C/C=C\CCCCCCCCC(=O)OC(COCCCCCCCCCCCCC)COC1OC(CO)C(O)C(O)C1O. The van der Waals surface area contributed by atoms with Crippen molar-refractivity contribution >= 4 is 5.97 Å². The maximum atomic E-state index is 12.7. The van der Waals surface area contributed by atoms with Crippen LogP contribution in [0.4, 0.5) is 0 Å². The Labute approximate surface area is 323 Å². The summed E-state index contributed by atoms with van der Waals surface area (Å²) in [5.41, 5.74) is 0. The van der Waals surface area contributed by atoms with Crippen LogP contribution in [-0.2, 0) is 23.7 Å². The fraction of sp³-hybridized carbons (Fsp3) is 0.841. The van der Waals surface area contributed by atoms with Gasteiger partial charge in [0.25, 0.3) is 0 Å². The molecule has 1 saturated heterocycles. The topological polar surface area (TPSA) is 135 Å². The minimum atomic E-state index is -1.54. The molecule has 310 valence electrons. The Hall–Kier alpha value is -1.59. The molecule has 0 aromatic carbocycles. The molecule has 9 heteroatoms. The van der Waals surface area contributed by atoms with E-state index in [1.165, 1.54) is 96.3 Å². The van der Waals surface area contributed by atoms with E-state index in [-0.39, 0.29) is 19.2 Å². The van der Waals surface area contributed by atoms with Crippen LogP contribution in [-0.4, -0.2) is 89.6 Å². The fourth-order valence-corrected chi connectivity index (χ4v) is 6.38. The molecule has 0 aliphatic carbocycles. The van der Waals surface area contributed by atoms with Crippen LogP contribution in [0.2, 0.25) is 0 Å². The minimum Gasteiger partial charge on any atom is -0.457 e. The van der Waals surface area contributed by atoms with Gasteiger partial charge in [0.05, 0.1) is 19.8 Å². The third kappa shape index (κ3) is 27.6. The van der Waals surface area contributed by atoms with E-state index in [0.29, 0.717) is 13.0 Å². The van der Waals surface area contributed by atoms with Gasteiger partial charge in [0.15, 0.2) is 6.29 Å². The molecule has 0 radical (unpaired) electrons. The van der Waals surface area contributed by atoms with Gasteiger partial charge in [0, 0.05) is 13.0 Å². The molecule has 1 rings (SSSR count). The van der Waals surface area contributed by atoms with E-state index in [1.54, 1.807) is 0 Å². The van der Waals surface area contributed by atoms with Gasteiger partial charge in [-0.3, -0.25) is 4.79 Å². The Bertz CT molecular complexity index is 905. The van der Waals surface area contributed by atoms with Crippen molar-refractivity contribution in [2.45, 2.75) is 211 Å². The molecule has 1 aliphatic rings. The van der Waals surface area contributed by atoms with Crippen molar-refractivity contribution in [1.29, 1.82) is 0 Å². The van der Waals surface area contributed by atoms with Crippen molar-refractivity contribution in [3.63, 3.8) is 0 Å². The highest BCUT2D eigenvalue weighted by Gasteiger charge is 2.44. The van der Waals surface area contributed by atoms with E-state index >= 15 is 0 Å². The second kappa shape index (κ2) is 36.1. The number of carbonyl (C=O) groups excluding carboxylic acids is 1. The summed E-state index contributed by atoms with van der Waals surface area (Å²) in [5, 5.41) is 40.0. The van der Waals surface area contributed by atoms with Gasteiger partial charge in [-0.05, 0) is 51.4 Å². The van der Waals surface area contributed by atoms with Crippen LogP contribution < -0.4 is 0 Å². The molecular weight excluding hydrogens is 672 g/mol. The molecule has 6 unspecified atom stereocenters. The van der Waals surface area contributed by atoms with Gasteiger partial charge < -0.3 is 39.4 Å². The lowest BCUT2D eigenvalue weighted by Gasteiger charge is -2.39. The van der Waals surface area contributed by atoms with Crippen LogP contribution in [0.1, 0.15) is 174 Å². The van der Waals surface area contributed by atoms with Crippen molar-refractivity contribution in [1.82, 2.24) is 0 Å². The molecule has 1 heterocycles.